The van der Waals surface area contributed by atoms with Crippen LogP contribution >= 0.6 is 7.49 Å². The van der Waals surface area contributed by atoms with Crippen molar-refractivity contribution >= 4 is 51.4 Å². The molecule has 0 bridgehead atoms. The monoisotopic (exact) mass is 1030 g/mol. The lowest BCUT2D eigenvalue weighted by Crippen LogP contribution is -2.81. The van der Waals surface area contributed by atoms with Crippen LogP contribution in [0.2, 0.25) is 0 Å². The van der Waals surface area contributed by atoms with Gasteiger partial charge in [0.15, 0.2) is 75.6 Å². The van der Waals surface area contributed by atoms with E-state index in [0.29, 0.717) is 0 Å². The zero-order chi connectivity index (χ0) is 52.0. The average molecular weight is 1030 g/mol. The molecule has 1 nitrogen and oxygen atoms in total. The van der Waals surface area contributed by atoms with Gasteiger partial charge < -0.3 is 4.52 Å². The summed E-state index contributed by atoms with van der Waals surface area (Å²) >= 11 is 0. The molecule has 0 saturated carbocycles. The van der Waals surface area contributed by atoms with E-state index < -0.39 is 152 Å². The lowest BCUT2D eigenvalue weighted by molar-refractivity contribution is 0.378. The van der Waals surface area contributed by atoms with E-state index >= 15 is 35.1 Å². The maximum absolute atomic E-state index is 15.4. The standard InChI is InChI=1S/C24BF20.C24H20OP/c26-5-1(6(27)14(35)21(42)13(5)34)25(2-7(28)15(36)22(43)16(37)8(2)29,3-9(30)17(38)23(44)18(39)10(3)31)4-11(32)19(40)24(45)20(41)12(4)33;1-5-13-21(14-6-1)25-26(22-15-7-2-8-16-22,23-17-9-3-10-18-23)24-19-11-4-12-20-24/h;1-20H/q-1;+1. The van der Waals surface area contributed by atoms with Gasteiger partial charge in [-0.1, -0.05) is 72.8 Å². The third kappa shape index (κ3) is 8.20. The van der Waals surface area contributed by atoms with Crippen molar-refractivity contribution in [3.8, 4) is 5.75 Å². The Morgan fingerprint density at radius 3 is 0.592 bits per heavy atom. The minimum Gasteiger partial charge on any atom is -0.334 e. The highest BCUT2D eigenvalue weighted by Gasteiger charge is 2.53. The Labute approximate surface area is 386 Å². The minimum absolute atomic E-state index is 0.886. The maximum atomic E-state index is 15.4. The average Bonchev–Trinajstić information content (AvgIpc) is 3.39. The summed E-state index contributed by atoms with van der Waals surface area (Å²) in [5.41, 5.74) is -14.3. The third-order valence-corrected chi connectivity index (χ3v) is 14.6. The quantitative estimate of drug-likeness (QED) is 0.0460. The van der Waals surface area contributed by atoms with Crippen molar-refractivity contribution in [1.29, 1.82) is 0 Å². The van der Waals surface area contributed by atoms with Crippen LogP contribution in [0.3, 0.4) is 0 Å². The van der Waals surface area contributed by atoms with Gasteiger partial charge >= 0.3 is 0 Å². The van der Waals surface area contributed by atoms with Crippen LogP contribution in [0.4, 0.5) is 87.8 Å². The van der Waals surface area contributed by atoms with Crippen molar-refractivity contribution < 1.29 is 92.3 Å². The molecule has 0 amide bonds. The SMILES string of the molecule is Fc1c(F)c(F)c([B-](c2c(F)c(F)c(F)c(F)c2F)(c2c(F)c(F)c(F)c(F)c2F)c2c(F)c(F)c(F)c(F)c2F)c(F)c1F.c1ccc(O[P+](c2ccccc2)(c2ccccc2)c2ccccc2)cc1. The van der Waals surface area contributed by atoms with Gasteiger partial charge in [-0.05, 0) is 48.5 Å². The van der Waals surface area contributed by atoms with Crippen LogP contribution in [0, 0.1) is 116 Å². The summed E-state index contributed by atoms with van der Waals surface area (Å²) < 4.78 is 301. The zero-order valence-electron chi connectivity index (χ0n) is 34.5. The van der Waals surface area contributed by atoms with E-state index in [-0.39, 0.29) is 0 Å². The van der Waals surface area contributed by atoms with Crippen molar-refractivity contribution in [2.45, 2.75) is 0 Å². The summed E-state index contributed by atoms with van der Waals surface area (Å²) in [7, 11) is -2.28. The van der Waals surface area contributed by atoms with E-state index in [4.69, 9.17) is 4.52 Å². The fraction of sp³-hybridized carbons (Fsp3) is 0. The summed E-state index contributed by atoms with van der Waals surface area (Å²) in [6, 6.07) is 41.9. The van der Waals surface area contributed by atoms with Crippen molar-refractivity contribution in [3.05, 3.63) is 238 Å². The molecule has 0 aromatic heterocycles. The van der Waals surface area contributed by atoms with E-state index in [2.05, 4.69) is 91.0 Å². The molecule has 0 aliphatic carbocycles. The summed E-state index contributed by atoms with van der Waals surface area (Å²) in [6.07, 6.45) is -7.22. The van der Waals surface area contributed by atoms with Gasteiger partial charge in [-0.3, -0.25) is 0 Å². The molecular formula is C48H20BF20OP. The lowest BCUT2D eigenvalue weighted by Gasteiger charge is -2.44. The van der Waals surface area contributed by atoms with E-state index in [1.807, 2.05) is 30.3 Å². The predicted molar refractivity (Wildman–Crippen MR) is 221 cm³/mol. The topological polar surface area (TPSA) is 9.23 Å². The molecule has 23 heteroatoms. The fourth-order valence-electron chi connectivity index (χ4n) is 8.03. The molecule has 0 unspecified atom stereocenters. The predicted octanol–water partition coefficient (Wildman–Crippen LogP) is 10.8. The van der Waals surface area contributed by atoms with E-state index in [0.717, 1.165) is 5.75 Å². The molecule has 71 heavy (non-hydrogen) atoms. The molecular weight excluding hydrogens is 1010 g/mol. The van der Waals surface area contributed by atoms with Gasteiger partial charge in [0, 0.05) is 0 Å². The largest absolute Gasteiger partial charge is 0.334 e. The van der Waals surface area contributed by atoms with Crippen LogP contribution in [0.15, 0.2) is 121 Å². The van der Waals surface area contributed by atoms with E-state index in [1.165, 1.54) is 15.9 Å². The Hall–Kier alpha value is -7.35. The second-order valence-electron chi connectivity index (χ2n) is 14.8. The van der Waals surface area contributed by atoms with Gasteiger partial charge in [-0.2, -0.15) is 0 Å². The Morgan fingerprint density at radius 1 is 0.225 bits per heavy atom. The van der Waals surface area contributed by atoms with E-state index in [1.54, 1.807) is 0 Å². The normalized spacial score (nSPS) is 11.7. The van der Waals surface area contributed by atoms with Crippen molar-refractivity contribution in [2.24, 2.45) is 0 Å². The first kappa shape index (κ1) is 51.5. The molecule has 0 spiro atoms. The van der Waals surface area contributed by atoms with Crippen molar-refractivity contribution in [1.82, 2.24) is 0 Å². The van der Waals surface area contributed by atoms with Crippen LogP contribution in [-0.2, 0) is 0 Å². The summed E-state index contributed by atoms with van der Waals surface area (Å²) in [5.74, 6) is -70.5. The molecule has 8 rings (SSSR count). The van der Waals surface area contributed by atoms with Gasteiger partial charge in [0.1, 0.15) is 68.6 Å². The number of halogens is 20. The summed E-state index contributed by atoms with van der Waals surface area (Å²) in [4.78, 5) is 0. The highest BCUT2D eigenvalue weighted by atomic mass is 31.2. The van der Waals surface area contributed by atoms with Gasteiger partial charge in [0.25, 0.3) is 7.49 Å². The first-order valence-corrected chi connectivity index (χ1v) is 21.3. The van der Waals surface area contributed by atoms with Gasteiger partial charge in [-0.25, -0.2) is 87.8 Å². The highest BCUT2D eigenvalue weighted by Crippen LogP contribution is 2.56. The van der Waals surface area contributed by atoms with Gasteiger partial charge in [-0.15, -0.1) is 21.9 Å². The summed E-state index contributed by atoms with van der Waals surface area (Å²) in [6.45, 7) is 0. The fourth-order valence-corrected chi connectivity index (χ4v) is 11.5. The molecule has 0 radical (unpaired) electrons. The number of para-hydroxylation sites is 1. The van der Waals surface area contributed by atoms with Crippen molar-refractivity contribution in [2.75, 3.05) is 0 Å². The smallest absolute Gasteiger partial charge is 0.287 e. The number of benzene rings is 8. The minimum atomic E-state index is -7.22. The highest BCUT2D eigenvalue weighted by molar-refractivity contribution is 7.92. The maximum Gasteiger partial charge on any atom is 0.287 e. The molecule has 0 atom stereocenters. The Kier molecular flexibility index (Phi) is 14.4. The molecule has 0 N–H and O–H groups in total. The van der Waals surface area contributed by atoms with Crippen LogP contribution in [0.5, 0.6) is 5.75 Å². The van der Waals surface area contributed by atoms with E-state index in [9.17, 15) is 52.7 Å². The summed E-state index contributed by atoms with van der Waals surface area (Å²) in [5, 5.41) is 3.63. The van der Waals surface area contributed by atoms with Crippen LogP contribution in [0.25, 0.3) is 0 Å². The third-order valence-electron chi connectivity index (χ3n) is 11.1. The molecule has 0 fully saturated rings. The molecule has 0 heterocycles. The van der Waals surface area contributed by atoms with Gasteiger partial charge in [0.2, 0.25) is 0 Å². The number of hydrogen-bond acceptors (Lipinski definition) is 1. The molecule has 0 aliphatic rings. The number of hydrogen-bond donors (Lipinski definition) is 0. The number of rotatable bonds is 9. The molecule has 366 valence electrons. The second kappa shape index (κ2) is 19.8. The first-order chi connectivity index (χ1) is 33.6. The van der Waals surface area contributed by atoms with Crippen molar-refractivity contribution in [3.63, 3.8) is 0 Å². The molecule has 0 aliphatic heterocycles. The van der Waals surface area contributed by atoms with Gasteiger partial charge in [0.05, 0.1) is 0 Å². The Balaban J connectivity index is 0.000000240. The Bertz CT molecular complexity index is 2850. The lowest BCUT2D eigenvalue weighted by atomic mass is 9.12. The molecule has 8 aromatic rings. The molecule has 8 aromatic carbocycles. The van der Waals surface area contributed by atoms with Crippen LogP contribution in [0.1, 0.15) is 0 Å². The second-order valence-corrected chi connectivity index (χ2v) is 17.8. The first-order valence-electron chi connectivity index (χ1n) is 19.6. The van der Waals surface area contributed by atoms with Crippen LogP contribution in [-0.4, -0.2) is 6.15 Å². The van der Waals surface area contributed by atoms with Crippen LogP contribution < -0.4 is 42.3 Å². The molecule has 0 saturated heterocycles. The Morgan fingerprint density at radius 2 is 0.394 bits per heavy atom. The zero-order valence-corrected chi connectivity index (χ0v) is 35.4.